The Morgan fingerprint density at radius 2 is 1.45 bits per heavy atom. The molecule has 1 heteroatoms. The summed E-state index contributed by atoms with van der Waals surface area (Å²) in [5, 5.41) is 0. The number of rotatable bonds is 0. The number of aromatic nitrogens is 1. The molecule has 1 aromatic rings. The van der Waals surface area contributed by atoms with Crippen molar-refractivity contribution in [1.29, 1.82) is 0 Å². The van der Waals surface area contributed by atoms with Crippen LogP contribution in [0.25, 0.3) is 0 Å². The third kappa shape index (κ3) is 1.28. The number of aryl methyl sites for hydroxylation is 1. The molecule has 0 aliphatic carbocycles. The lowest BCUT2D eigenvalue weighted by Crippen LogP contribution is -1.98. The predicted molar refractivity (Wildman–Crippen MR) is 46.6 cm³/mol. The van der Waals surface area contributed by atoms with E-state index >= 15 is 0 Å². The Morgan fingerprint density at radius 3 is 2.00 bits per heavy atom. The van der Waals surface area contributed by atoms with Crippen LogP contribution in [0.15, 0.2) is 0 Å². The monoisotopic (exact) mass is 147 g/mol. The van der Waals surface area contributed by atoms with Gasteiger partial charge in [-0.3, -0.25) is 4.98 Å². The molecule has 0 amide bonds. The molecule has 0 fully saturated rings. The summed E-state index contributed by atoms with van der Waals surface area (Å²) in [4.78, 5) is 4.21. The highest BCUT2D eigenvalue weighted by atomic mass is 14.7. The lowest BCUT2D eigenvalue weighted by Gasteiger charge is -2.09. The van der Waals surface area contributed by atoms with Gasteiger partial charge in [0.1, 0.15) is 0 Å². The molecule has 11 heavy (non-hydrogen) atoms. The van der Waals surface area contributed by atoms with Crippen LogP contribution < -0.4 is 0 Å². The third-order valence-electron chi connectivity index (χ3n) is 2.34. The second-order valence-corrected chi connectivity index (χ2v) is 2.96. The molecular weight excluding hydrogens is 134 g/mol. The van der Waals surface area contributed by atoms with E-state index in [4.69, 9.17) is 6.92 Å². The first-order valence-electron chi connectivity index (χ1n) is 3.74. The molecule has 0 unspecified atom stereocenters. The first-order chi connectivity index (χ1) is 5.04. The van der Waals surface area contributed by atoms with Crippen molar-refractivity contribution in [3.63, 3.8) is 0 Å². The van der Waals surface area contributed by atoms with Crippen molar-refractivity contribution in [3.8, 4) is 0 Å². The third-order valence-corrected chi connectivity index (χ3v) is 2.34. The minimum atomic E-state index is 0.658. The number of pyridine rings is 1. The van der Waals surface area contributed by atoms with Crippen LogP contribution in [0.5, 0.6) is 0 Å². The van der Waals surface area contributed by atoms with Gasteiger partial charge >= 0.3 is 0 Å². The average molecular weight is 147 g/mol. The minimum Gasteiger partial charge on any atom is -0.257 e. The Balaban J connectivity index is 3.46. The zero-order valence-corrected chi connectivity index (χ0v) is 7.52. The van der Waals surface area contributed by atoms with Crippen LogP contribution >= 0.6 is 0 Å². The fraction of sp³-hybridized carbons (Fsp3) is 0.400. The molecule has 0 bridgehead atoms. The van der Waals surface area contributed by atoms with Crippen molar-refractivity contribution < 1.29 is 0 Å². The fourth-order valence-corrected chi connectivity index (χ4v) is 1.09. The molecule has 2 radical (unpaired) electrons. The van der Waals surface area contributed by atoms with Crippen LogP contribution in [0, 0.1) is 34.6 Å². The van der Waals surface area contributed by atoms with E-state index in [1.807, 2.05) is 13.8 Å². The summed E-state index contributed by atoms with van der Waals surface area (Å²) in [7, 11) is 0. The largest absolute Gasteiger partial charge is 0.257 e. The zero-order chi connectivity index (χ0) is 8.59. The quantitative estimate of drug-likeness (QED) is 0.549. The molecule has 0 N–H and O–H groups in total. The van der Waals surface area contributed by atoms with Gasteiger partial charge in [-0.25, -0.2) is 0 Å². The van der Waals surface area contributed by atoms with E-state index in [0.29, 0.717) is 5.69 Å². The van der Waals surface area contributed by atoms with Crippen LogP contribution in [0.3, 0.4) is 0 Å². The molecule has 1 rings (SSSR count). The van der Waals surface area contributed by atoms with Crippen LogP contribution in [0.4, 0.5) is 0 Å². The van der Waals surface area contributed by atoms with Gasteiger partial charge in [0.25, 0.3) is 0 Å². The topological polar surface area (TPSA) is 12.9 Å². The standard InChI is InChI=1S/C10H13N/c1-6-7(2)9(4)11-10(5)8(6)3/h4H,1-3,5H3. The number of hydrogen-bond donors (Lipinski definition) is 0. The highest BCUT2D eigenvalue weighted by Gasteiger charge is 2.04. The van der Waals surface area contributed by atoms with E-state index in [9.17, 15) is 0 Å². The van der Waals surface area contributed by atoms with Gasteiger partial charge in [0.2, 0.25) is 0 Å². The van der Waals surface area contributed by atoms with E-state index < -0.39 is 0 Å². The molecule has 1 nitrogen and oxygen atoms in total. The molecule has 0 aromatic carbocycles. The molecular formula is C10H13N. The predicted octanol–water partition coefficient (Wildman–Crippen LogP) is 2.37. The maximum atomic E-state index is 5.68. The maximum absolute atomic E-state index is 5.68. The first kappa shape index (κ1) is 8.25. The highest BCUT2D eigenvalue weighted by molar-refractivity contribution is 5.38. The van der Waals surface area contributed by atoms with Crippen LogP contribution in [0.2, 0.25) is 0 Å². The maximum Gasteiger partial charge on any atom is 0.0483 e. The zero-order valence-electron chi connectivity index (χ0n) is 7.52. The second-order valence-electron chi connectivity index (χ2n) is 2.96. The lowest BCUT2D eigenvalue weighted by molar-refractivity contribution is 1.06. The Bertz CT molecular complexity index is 261. The van der Waals surface area contributed by atoms with Gasteiger partial charge in [-0.05, 0) is 44.4 Å². The van der Waals surface area contributed by atoms with Gasteiger partial charge in [-0.1, -0.05) is 0 Å². The Labute approximate surface area is 68.5 Å². The molecule has 0 saturated heterocycles. The van der Waals surface area contributed by atoms with Crippen molar-refractivity contribution >= 4 is 0 Å². The van der Waals surface area contributed by atoms with E-state index in [-0.39, 0.29) is 0 Å². The van der Waals surface area contributed by atoms with E-state index in [1.165, 1.54) is 11.1 Å². The van der Waals surface area contributed by atoms with E-state index in [2.05, 4.69) is 18.8 Å². The normalized spacial score (nSPS) is 10.3. The van der Waals surface area contributed by atoms with Crippen molar-refractivity contribution in [1.82, 2.24) is 4.98 Å². The summed E-state index contributed by atoms with van der Waals surface area (Å²) in [6.45, 7) is 13.8. The minimum absolute atomic E-state index is 0.658. The first-order valence-corrected chi connectivity index (χ1v) is 3.74. The van der Waals surface area contributed by atoms with Gasteiger partial charge in [-0.2, -0.15) is 0 Å². The molecule has 58 valence electrons. The molecule has 1 aromatic heterocycles. The Kier molecular flexibility index (Phi) is 1.99. The SMILES string of the molecule is [CH]c1nc(C)c(C)c(C)c1C. The highest BCUT2D eigenvalue weighted by Crippen LogP contribution is 2.16. The summed E-state index contributed by atoms with van der Waals surface area (Å²) in [6, 6.07) is 0. The fourth-order valence-electron chi connectivity index (χ4n) is 1.09. The Morgan fingerprint density at radius 1 is 0.909 bits per heavy atom. The summed E-state index contributed by atoms with van der Waals surface area (Å²) in [5.74, 6) is 0. The second kappa shape index (κ2) is 2.65. The van der Waals surface area contributed by atoms with Crippen LogP contribution in [0.1, 0.15) is 28.1 Å². The van der Waals surface area contributed by atoms with Crippen LogP contribution in [-0.4, -0.2) is 4.98 Å². The molecule has 0 aliphatic heterocycles. The van der Waals surface area contributed by atoms with Gasteiger partial charge < -0.3 is 0 Å². The van der Waals surface area contributed by atoms with Gasteiger partial charge in [0.05, 0.1) is 0 Å². The van der Waals surface area contributed by atoms with Crippen molar-refractivity contribution in [2.75, 3.05) is 0 Å². The van der Waals surface area contributed by atoms with Crippen molar-refractivity contribution in [3.05, 3.63) is 35.0 Å². The van der Waals surface area contributed by atoms with Crippen molar-refractivity contribution in [2.45, 2.75) is 27.7 Å². The number of hydrogen-bond acceptors (Lipinski definition) is 1. The smallest absolute Gasteiger partial charge is 0.0483 e. The van der Waals surface area contributed by atoms with Gasteiger partial charge in [0.15, 0.2) is 0 Å². The van der Waals surface area contributed by atoms with E-state index in [1.54, 1.807) is 0 Å². The van der Waals surface area contributed by atoms with Gasteiger partial charge in [-0.15, -0.1) is 0 Å². The lowest BCUT2D eigenvalue weighted by atomic mass is 10.0. The summed E-state index contributed by atoms with van der Waals surface area (Å²) in [5.41, 5.74) is 5.30. The van der Waals surface area contributed by atoms with Gasteiger partial charge in [0, 0.05) is 18.3 Å². The number of nitrogens with zero attached hydrogens (tertiary/aromatic N) is 1. The Hall–Kier alpha value is -0.850. The van der Waals surface area contributed by atoms with E-state index in [0.717, 1.165) is 11.3 Å². The molecule has 1 heterocycles. The summed E-state index contributed by atoms with van der Waals surface area (Å²) in [6.07, 6.45) is 0. The van der Waals surface area contributed by atoms with Crippen molar-refractivity contribution in [2.24, 2.45) is 0 Å². The molecule has 0 aliphatic rings. The molecule has 0 atom stereocenters. The summed E-state index contributed by atoms with van der Waals surface area (Å²) < 4.78 is 0. The summed E-state index contributed by atoms with van der Waals surface area (Å²) >= 11 is 0. The van der Waals surface area contributed by atoms with Crippen LogP contribution in [-0.2, 0) is 0 Å². The molecule has 0 spiro atoms. The molecule has 0 saturated carbocycles. The average Bonchev–Trinajstić information content (AvgIpc) is 1.97.